The van der Waals surface area contributed by atoms with E-state index in [0.29, 0.717) is 12.5 Å². The fraction of sp³-hybridized carbons (Fsp3) is 0.588. The lowest BCUT2D eigenvalue weighted by atomic mass is 10.1. The Hall–Kier alpha value is -1.55. The topological polar surface area (TPSA) is 49.8 Å². The monoisotopic (exact) mass is 291 g/mol. The molecule has 2 rings (SSSR count). The standard InChI is InChI=1S/C17H25NO3/c1-12(2)18(8-4-5-17(19)20)11-15-10-14-9-13(3)6-7-16(14)21-15/h6-7,9,12,15H,4-5,8,10-11H2,1-3H3,(H,19,20). The summed E-state index contributed by atoms with van der Waals surface area (Å²) in [4.78, 5) is 12.9. The van der Waals surface area contributed by atoms with Crippen LogP contribution in [-0.2, 0) is 11.2 Å². The van der Waals surface area contributed by atoms with Crippen LogP contribution >= 0.6 is 0 Å². The Morgan fingerprint density at radius 3 is 2.90 bits per heavy atom. The average Bonchev–Trinajstić information content (AvgIpc) is 2.78. The van der Waals surface area contributed by atoms with Gasteiger partial charge in [0.25, 0.3) is 0 Å². The highest BCUT2D eigenvalue weighted by Gasteiger charge is 2.25. The van der Waals surface area contributed by atoms with Gasteiger partial charge in [0.1, 0.15) is 11.9 Å². The minimum absolute atomic E-state index is 0.175. The van der Waals surface area contributed by atoms with Crippen molar-refractivity contribution in [1.29, 1.82) is 0 Å². The van der Waals surface area contributed by atoms with Gasteiger partial charge in [-0.3, -0.25) is 9.69 Å². The first-order valence-corrected chi connectivity index (χ1v) is 7.67. The molecule has 1 aliphatic heterocycles. The molecule has 0 fully saturated rings. The summed E-state index contributed by atoms with van der Waals surface area (Å²) in [5.74, 6) is 0.276. The van der Waals surface area contributed by atoms with Crippen molar-refractivity contribution < 1.29 is 14.6 Å². The van der Waals surface area contributed by atoms with E-state index in [9.17, 15) is 4.79 Å². The van der Waals surface area contributed by atoms with Crippen LogP contribution in [0.5, 0.6) is 5.75 Å². The first-order chi connectivity index (χ1) is 9.95. The van der Waals surface area contributed by atoms with Crippen LogP contribution < -0.4 is 4.74 Å². The lowest BCUT2D eigenvalue weighted by Crippen LogP contribution is -2.40. The van der Waals surface area contributed by atoms with Crippen molar-refractivity contribution in [3.05, 3.63) is 29.3 Å². The minimum Gasteiger partial charge on any atom is -0.488 e. The maximum Gasteiger partial charge on any atom is 0.303 e. The highest BCUT2D eigenvalue weighted by molar-refractivity contribution is 5.66. The average molecular weight is 291 g/mol. The van der Waals surface area contributed by atoms with Crippen molar-refractivity contribution in [3.63, 3.8) is 0 Å². The van der Waals surface area contributed by atoms with Crippen molar-refractivity contribution in [2.75, 3.05) is 13.1 Å². The van der Waals surface area contributed by atoms with Gasteiger partial charge in [0, 0.05) is 25.4 Å². The van der Waals surface area contributed by atoms with E-state index in [2.05, 4.69) is 43.9 Å². The summed E-state index contributed by atoms with van der Waals surface area (Å²) in [5, 5.41) is 8.75. The van der Waals surface area contributed by atoms with Crippen LogP contribution in [0.1, 0.15) is 37.8 Å². The fourth-order valence-corrected chi connectivity index (χ4v) is 2.81. The second-order valence-corrected chi connectivity index (χ2v) is 6.14. The second-order valence-electron chi connectivity index (χ2n) is 6.14. The highest BCUT2D eigenvalue weighted by Crippen LogP contribution is 2.30. The zero-order valence-corrected chi connectivity index (χ0v) is 13.1. The molecule has 1 atom stereocenters. The van der Waals surface area contributed by atoms with Crippen LogP contribution in [0, 0.1) is 6.92 Å². The molecule has 0 amide bonds. The number of hydrogen-bond acceptors (Lipinski definition) is 3. The third-order valence-electron chi connectivity index (χ3n) is 3.96. The van der Waals surface area contributed by atoms with E-state index >= 15 is 0 Å². The largest absolute Gasteiger partial charge is 0.488 e. The zero-order valence-electron chi connectivity index (χ0n) is 13.1. The maximum absolute atomic E-state index is 10.6. The normalized spacial score (nSPS) is 17.1. The van der Waals surface area contributed by atoms with E-state index in [4.69, 9.17) is 9.84 Å². The van der Waals surface area contributed by atoms with Crippen LogP contribution in [0.4, 0.5) is 0 Å². The summed E-state index contributed by atoms with van der Waals surface area (Å²) in [6.45, 7) is 8.05. The Labute approximate surface area is 126 Å². The smallest absolute Gasteiger partial charge is 0.303 e. The number of carboxylic acids is 1. The molecule has 116 valence electrons. The van der Waals surface area contributed by atoms with Gasteiger partial charge in [0.2, 0.25) is 0 Å². The minimum atomic E-state index is -0.723. The SMILES string of the molecule is Cc1ccc2c(c1)CC(CN(CCCC(=O)O)C(C)C)O2. The van der Waals surface area contributed by atoms with E-state index < -0.39 is 5.97 Å². The third kappa shape index (κ3) is 4.46. The molecule has 1 aliphatic rings. The summed E-state index contributed by atoms with van der Waals surface area (Å²) >= 11 is 0. The number of aryl methyl sites for hydroxylation is 1. The van der Waals surface area contributed by atoms with Crippen molar-refractivity contribution in [2.45, 2.75) is 52.2 Å². The highest BCUT2D eigenvalue weighted by atomic mass is 16.5. The lowest BCUT2D eigenvalue weighted by Gasteiger charge is -2.28. The number of ether oxygens (including phenoxy) is 1. The van der Waals surface area contributed by atoms with E-state index in [-0.39, 0.29) is 12.5 Å². The molecule has 1 aromatic rings. The Morgan fingerprint density at radius 1 is 1.48 bits per heavy atom. The van der Waals surface area contributed by atoms with Gasteiger partial charge >= 0.3 is 5.97 Å². The maximum atomic E-state index is 10.6. The van der Waals surface area contributed by atoms with Gasteiger partial charge in [0.15, 0.2) is 0 Å². The van der Waals surface area contributed by atoms with Gasteiger partial charge in [-0.25, -0.2) is 0 Å². The molecule has 4 nitrogen and oxygen atoms in total. The number of nitrogens with zero attached hydrogens (tertiary/aromatic N) is 1. The Balaban J connectivity index is 1.89. The molecule has 0 aromatic heterocycles. The number of rotatable bonds is 7. The van der Waals surface area contributed by atoms with E-state index in [0.717, 1.165) is 25.3 Å². The lowest BCUT2D eigenvalue weighted by molar-refractivity contribution is -0.137. The molecular weight excluding hydrogens is 266 g/mol. The third-order valence-corrected chi connectivity index (χ3v) is 3.96. The van der Waals surface area contributed by atoms with Gasteiger partial charge in [-0.1, -0.05) is 17.7 Å². The number of hydrogen-bond donors (Lipinski definition) is 1. The number of carboxylic acid groups (broad SMARTS) is 1. The molecule has 1 N–H and O–H groups in total. The number of aliphatic carboxylic acids is 1. The van der Waals surface area contributed by atoms with E-state index in [1.54, 1.807) is 0 Å². The van der Waals surface area contributed by atoms with Crippen molar-refractivity contribution in [3.8, 4) is 5.75 Å². The van der Waals surface area contributed by atoms with Gasteiger partial charge in [-0.2, -0.15) is 0 Å². The molecule has 0 radical (unpaired) electrons. The summed E-state index contributed by atoms with van der Waals surface area (Å²) < 4.78 is 6.01. The second kappa shape index (κ2) is 6.94. The van der Waals surface area contributed by atoms with Gasteiger partial charge in [0.05, 0.1) is 0 Å². The van der Waals surface area contributed by atoms with Crippen LogP contribution in [0.2, 0.25) is 0 Å². The van der Waals surface area contributed by atoms with Gasteiger partial charge in [-0.05, 0) is 45.4 Å². The summed E-state index contributed by atoms with van der Waals surface area (Å²) in [7, 11) is 0. The zero-order chi connectivity index (χ0) is 15.4. The van der Waals surface area contributed by atoms with E-state index in [1.165, 1.54) is 11.1 Å². The number of carbonyl (C=O) groups is 1. The molecule has 0 saturated carbocycles. The van der Waals surface area contributed by atoms with Crippen molar-refractivity contribution in [2.24, 2.45) is 0 Å². The molecule has 1 heterocycles. The molecule has 1 aromatic carbocycles. The van der Waals surface area contributed by atoms with Crippen LogP contribution in [0.15, 0.2) is 18.2 Å². The number of fused-ring (bicyclic) bond motifs is 1. The molecule has 0 aliphatic carbocycles. The molecule has 1 unspecified atom stereocenters. The van der Waals surface area contributed by atoms with Gasteiger partial charge in [-0.15, -0.1) is 0 Å². The summed E-state index contributed by atoms with van der Waals surface area (Å²) in [5.41, 5.74) is 2.55. The predicted molar refractivity (Wildman–Crippen MR) is 82.9 cm³/mol. The Kier molecular flexibility index (Phi) is 5.23. The van der Waals surface area contributed by atoms with Crippen LogP contribution in [-0.4, -0.2) is 41.2 Å². The first-order valence-electron chi connectivity index (χ1n) is 7.67. The first kappa shape index (κ1) is 15.8. The summed E-state index contributed by atoms with van der Waals surface area (Å²) in [6, 6.07) is 6.72. The molecular formula is C17H25NO3. The fourth-order valence-electron chi connectivity index (χ4n) is 2.81. The predicted octanol–water partition coefficient (Wildman–Crippen LogP) is 2.87. The van der Waals surface area contributed by atoms with Gasteiger partial charge < -0.3 is 9.84 Å². The molecule has 0 spiro atoms. The van der Waals surface area contributed by atoms with Crippen molar-refractivity contribution >= 4 is 5.97 Å². The van der Waals surface area contributed by atoms with Crippen LogP contribution in [0.3, 0.4) is 0 Å². The Bertz CT molecular complexity index is 499. The van der Waals surface area contributed by atoms with E-state index in [1.807, 2.05) is 0 Å². The van der Waals surface area contributed by atoms with Crippen molar-refractivity contribution in [1.82, 2.24) is 4.90 Å². The molecule has 4 heteroatoms. The molecule has 0 bridgehead atoms. The summed E-state index contributed by atoms with van der Waals surface area (Å²) in [6.07, 6.45) is 2.04. The molecule has 21 heavy (non-hydrogen) atoms. The quantitative estimate of drug-likeness (QED) is 0.839. The van der Waals surface area contributed by atoms with Crippen LogP contribution in [0.25, 0.3) is 0 Å². The molecule has 0 saturated heterocycles. The Morgan fingerprint density at radius 2 is 2.24 bits per heavy atom. The number of benzene rings is 1.